The molecule has 2 heterocycles. The van der Waals surface area contributed by atoms with Gasteiger partial charge >= 0.3 is 0 Å². The fraction of sp³-hybridized carbons (Fsp3) is 0.429. The Kier molecular flexibility index (Phi) is 6.31. The van der Waals surface area contributed by atoms with Gasteiger partial charge in [0.1, 0.15) is 23.0 Å². The van der Waals surface area contributed by atoms with E-state index in [9.17, 15) is 9.59 Å². The summed E-state index contributed by atoms with van der Waals surface area (Å²) in [6, 6.07) is 15.2. The molecule has 0 spiro atoms. The molecule has 0 unspecified atom stereocenters. The van der Waals surface area contributed by atoms with Crippen molar-refractivity contribution in [2.45, 2.75) is 64.2 Å². The first-order valence-electron chi connectivity index (χ1n) is 12.3. The van der Waals surface area contributed by atoms with Gasteiger partial charge in [-0.25, -0.2) is 0 Å². The Bertz CT molecular complexity index is 1070. The van der Waals surface area contributed by atoms with Crippen molar-refractivity contribution in [3.63, 3.8) is 0 Å². The topological polar surface area (TPSA) is 84.5 Å². The van der Waals surface area contributed by atoms with Crippen LogP contribution in [0.1, 0.15) is 74.4 Å². The van der Waals surface area contributed by atoms with Gasteiger partial charge in [0.15, 0.2) is 0 Å². The monoisotopic (exact) mass is 460 g/mol. The second-order valence-corrected chi connectivity index (χ2v) is 9.92. The maximum atomic E-state index is 12.3. The van der Waals surface area contributed by atoms with Crippen molar-refractivity contribution in [3.8, 4) is 0 Å². The van der Waals surface area contributed by atoms with E-state index in [2.05, 4.69) is 24.5 Å². The molecule has 2 aliphatic carbocycles. The lowest BCUT2D eigenvalue weighted by molar-refractivity contribution is -0.117. The van der Waals surface area contributed by atoms with Crippen LogP contribution < -0.4 is 10.6 Å². The van der Waals surface area contributed by atoms with Crippen LogP contribution in [0.5, 0.6) is 0 Å². The fourth-order valence-electron chi connectivity index (χ4n) is 4.45. The van der Waals surface area contributed by atoms with E-state index in [0.717, 1.165) is 23.0 Å². The molecule has 2 N–H and O–H groups in total. The lowest BCUT2D eigenvalue weighted by Crippen LogP contribution is -2.13. The van der Waals surface area contributed by atoms with Gasteiger partial charge in [-0.1, -0.05) is 13.8 Å². The minimum absolute atomic E-state index is 0.0621. The van der Waals surface area contributed by atoms with Gasteiger partial charge in [0.2, 0.25) is 11.8 Å². The number of hydrogen-bond acceptors (Lipinski definition) is 4. The van der Waals surface area contributed by atoms with Crippen LogP contribution in [0, 0.1) is 11.8 Å². The summed E-state index contributed by atoms with van der Waals surface area (Å²) in [5, 5.41) is 5.80. The van der Waals surface area contributed by atoms with Gasteiger partial charge in [-0.05, 0) is 73.2 Å². The number of carbonyl (C=O) groups excluding carboxylic acids is 2. The summed E-state index contributed by atoms with van der Waals surface area (Å²) >= 11 is 0. The summed E-state index contributed by atoms with van der Waals surface area (Å²) in [5.41, 5.74) is 1.40. The molecule has 5 rings (SSSR count). The zero-order valence-electron chi connectivity index (χ0n) is 19.8. The van der Waals surface area contributed by atoms with Crippen LogP contribution in [0.3, 0.4) is 0 Å². The molecule has 1 aromatic carbocycles. The molecule has 178 valence electrons. The number of anilines is 2. The molecule has 0 radical (unpaired) electrons. The number of carbonyl (C=O) groups is 2. The molecular weight excluding hydrogens is 428 g/mol. The molecule has 6 nitrogen and oxygen atoms in total. The number of furan rings is 2. The zero-order valence-corrected chi connectivity index (χ0v) is 19.8. The second-order valence-electron chi connectivity index (χ2n) is 9.92. The smallest absolute Gasteiger partial charge is 0.224 e. The van der Waals surface area contributed by atoms with E-state index >= 15 is 0 Å². The van der Waals surface area contributed by atoms with Crippen LogP contribution in [0.2, 0.25) is 0 Å². The average Bonchev–Trinajstić information content (AvgIpc) is 3.58. The number of amides is 2. The normalized spacial score (nSPS) is 22.9. The molecule has 4 atom stereocenters. The maximum Gasteiger partial charge on any atom is 0.224 e. The van der Waals surface area contributed by atoms with Gasteiger partial charge in [-0.3, -0.25) is 9.59 Å². The zero-order chi connectivity index (χ0) is 23.7. The Morgan fingerprint density at radius 2 is 1.09 bits per heavy atom. The maximum absolute atomic E-state index is 12.3. The largest absolute Gasteiger partial charge is 0.466 e. The van der Waals surface area contributed by atoms with Gasteiger partial charge in [-0.15, -0.1) is 0 Å². The van der Waals surface area contributed by atoms with Gasteiger partial charge in [0.25, 0.3) is 0 Å². The molecule has 0 bridgehead atoms. The number of aryl methyl sites for hydroxylation is 2. The average molecular weight is 461 g/mol. The highest BCUT2D eigenvalue weighted by Crippen LogP contribution is 2.48. The summed E-state index contributed by atoms with van der Waals surface area (Å²) in [6.07, 6.45) is 4.26. The summed E-state index contributed by atoms with van der Waals surface area (Å²) in [5.74, 6) is 6.19. The molecule has 0 saturated heterocycles. The van der Waals surface area contributed by atoms with Crippen LogP contribution >= 0.6 is 0 Å². The van der Waals surface area contributed by atoms with E-state index in [0.29, 0.717) is 60.7 Å². The Morgan fingerprint density at radius 1 is 0.706 bits per heavy atom. The highest BCUT2D eigenvalue weighted by molar-refractivity contribution is 5.93. The highest BCUT2D eigenvalue weighted by Gasteiger charge is 2.37. The van der Waals surface area contributed by atoms with Gasteiger partial charge < -0.3 is 19.5 Å². The number of rotatable bonds is 10. The van der Waals surface area contributed by atoms with E-state index in [-0.39, 0.29) is 11.8 Å². The number of nitrogens with one attached hydrogen (secondary N) is 2. The molecule has 6 heteroatoms. The molecule has 2 saturated carbocycles. The van der Waals surface area contributed by atoms with Gasteiger partial charge in [-0.2, -0.15) is 0 Å². The Morgan fingerprint density at radius 3 is 1.44 bits per heavy atom. The third kappa shape index (κ3) is 5.61. The minimum Gasteiger partial charge on any atom is -0.466 e. The highest BCUT2D eigenvalue weighted by atomic mass is 16.3. The predicted molar refractivity (Wildman–Crippen MR) is 131 cm³/mol. The first kappa shape index (κ1) is 22.5. The molecular formula is C28H32N2O4. The van der Waals surface area contributed by atoms with Crippen molar-refractivity contribution >= 4 is 23.2 Å². The summed E-state index contributed by atoms with van der Waals surface area (Å²) in [7, 11) is 0. The minimum atomic E-state index is -0.0621. The first-order chi connectivity index (χ1) is 16.4. The summed E-state index contributed by atoms with van der Waals surface area (Å²) in [6.45, 7) is 4.45. The van der Waals surface area contributed by atoms with E-state index in [1.807, 2.05) is 24.3 Å². The van der Waals surface area contributed by atoms with E-state index in [4.69, 9.17) is 8.83 Å². The summed E-state index contributed by atoms with van der Waals surface area (Å²) in [4.78, 5) is 24.6. The lowest BCUT2D eigenvalue weighted by atomic mass is 10.2. The van der Waals surface area contributed by atoms with Crippen molar-refractivity contribution in [1.82, 2.24) is 0 Å². The third-order valence-electron chi connectivity index (χ3n) is 6.96. The van der Waals surface area contributed by atoms with E-state index in [1.54, 1.807) is 24.3 Å². The van der Waals surface area contributed by atoms with Crippen molar-refractivity contribution in [2.24, 2.45) is 11.8 Å². The van der Waals surface area contributed by atoms with Crippen LogP contribution in [-0.4, -0.2) is 11.8 Å². The number of benzene rings is 1. The molecule has 2 aromatic heterocycles. The van der Waals surface area contributed by atoms with Crippen LogP contribution in [0.4, 0.5) is 11.4 Å². The third-order valence-corrected chi connectivity index (χ3v) is 6.96. The molecule has 0 aliphatic heterocycles. The predicted octanol–water partition coefficient (Wildman–Crippen LogP) is 6.26. The molecule has 2 aliphatic rings. The van der Waals surface area contributed by atoms with Crippen LogP contribution in [0.25, 0.3) is 0 Å². The Balaban J connectivity index is 1.03. The van der Waals surface area contributed by atoms with Gasteiger partial charge in [0.05, 0.1) is 0 Å². The van der Waals surface area contributed by atoms with E-state index < -0.39 is 0 Å². The molecule has 2 fully saturated rings. The number of hydrogen-bond donors (Lipinski definition) is 2. The van der Waals surface area contributed by atoms with E-state index in [1.165, 1.54) is 12.8 Å². The van der Waals surface area contributed by atoms with Crippen LogP contribution in [-0.2, 0) is 22.4 Å². The van der Waals surface area contributed by atoms with Crippen molar-refractivity contribution in [1.29, 1.82) is 0 Å². The molecule has 34 heavy (non-hydrogen) atoms. The van der Waals surface area contributed by atoms with Crippen LogP contribution in [0.15, 0.2) is 57.4 Å². The quantitative estimate of drug-likeness (QED) is 0.374. The second kappa shape index (κ2) is 9.53. The van der Waals surface area contributed by atoms with Crippen molar-refractivity contribution in [2.75, 3.05) is 10.6 Å². The molecule has 3 aromatic rings. The standard InChI is InChI=1S/C28H32N2O4/c1-17-15-23(17)25-11-7-21(33-25)9-13-27(31)29-19-3-5-20(6-4-19)30-28(32)14-10-22-8-12-26(34-22)24-16-18(24)2/h3-8,11-12,17-18,23-24H,9-10,13-16H2,1-2H3,(H,29,31)(H,30,32)/t17-,18-,23+,24+/m0/s1. The van der Waals surface area contributed by atoms with Crippen molar-refractivity contribution < 1.29 is 18.4 Å². The fourth-order valence-corrected chi connectivity index (χ4v) is 4.45. The Hall–Kier alpha value is -3.28. The van der Waals surface area contributed by atoms with Gasteiger partial charge in [0, 0.05) is 48.9 Å². The summed E-state index contributed by atoms with van der Waals surface area (Å²) < 4.78 is 11.7. The SMILES string of the molecule is C[C@H]1C[C@H]1c1ccc(CCC(=O)Nc2ccc(NC(=O)CCc3ccc([C@@H]4C[C@@H]4C)o3)cc2)o1. The Labute approximate surface area is 200 Å². The molecule has 2 amide bonds. The van der Waals surface area contributed by atoms with Crippen molar-refractivity contribution in [3.05, 3.63) is 71.6 Å². The first-order valence-corrected chi connectivity index (χ1v) is 12.3. The lowest BCUT2D eigenvalue weighted by Gasteiger charge is -2.08.